The van der Waals surface area contributed by atoms with Crippen molar-refractivity contribution in [2.75, 3.05) is 0 Å². The van der Waals surface area contributed by atoms with Gasteiger partial charge >= 0.3 is 6.18 Å². The van der Waals surface area contributed by atoms with Crippen molar-refractivity contribution in [3.05, 3.63) is 47.5 Å². The highest BCUT2D eigenvalue weighted by atomic mass is 19.4. The second-order valence-electron chi connectivity index (χ2n) is 6.11. The van der Waals surface area contributed by atoms with Gasteiger partial charge < -0.3 is 9.88 Å². The fourth-order valence-electron chi connectivity index (χ4n) is 2.90. The lowest BCUT2D eigenvalue weighted by Crippen LogP contribution is -2.31. The fourth-order valence-corrected chi connectivity index (χ4v) is 2.90. The van der Waals surface area contributed by atoms with E-state index in [1.165, 1.54) is 12.1 Å². The molecule has 1 atom stereocenters. The Morgan fingerprint density at radius 1 is 1.31 bits per heavy atom. The molecule has 0 saturated carbocycles. The number of fused-ring (bicyclic) bond motifs is 1. The highest BCUT2D eigenvalue weighted by molar-refractivity contribution is 5.81. The van der Waals surface area contributed by atoms with Gasteiger partial charge in [0.05, 0.1) is 23.3 Å². The Hall–Kier alpha value is -2.84. The Bertz CT molecular complexity index is 957. The number of benzene rings is 1. The van der Waals surface area contributed by atoms with Gasteiger partial charge in [0.2, 0.25) is 11.7 Å². The Labute approximate surface area is 147 Å². The zero-order chi connectivity index (χ0) is 19.1. The number of nitrogens with one attached hydrogen (secondary N) is 1. The van der Waals surface area contributed by atoms with E-state index in [9.17, 15) is 18.0 Å². The van der Waals surface area contributed by atoms with Gasteiger partial charge in [0.1, 0.15) is 6.54 Å². The van der Waals surface area contributed by atoms with Gasteiger partial charge in [-0.1, -0.05) is 12.1 Å². The van der Waals surface area contributed by atoms with E-state index < -0.39 is 24.5 Å². The number of alkyl halides is 3. The molecule has 0 aliphatic heterocycles. The predicted molar refractivity (Wildman–Crippen MR) is 89.2 cm³/mol. The average Bonchev–Trinajstić information content (AvgIpc) is 3.09. The van der Waals surface area contributed by atoms with Gasteiger partial charge in [-0.15, -0.1) is 0 Å². The summed E-state index contributed by atoms with van der Waals surface area (Å²) in [5.74, 6) is -1.62. The number of aryl methyl sites for hydroxylation is 1. The molecule has 138 valence electrons. The van der Waals surface area contributed by atoms with E-state index in [1.807, 2.05) is 6.92 Å². The van der Waals surface area contributed by atoms with Crippen molar-refractivity contribution in [1.82, 2.24) is 24.6 Å². The molecule has 0 spiro atoms. The lowest BCUT2D eigenvalue weighted by atomic mass is 10.1. The summed E-state index contributed by atoms with van der Waals surface area (Å²) < 4.78 is 42.4. The first-order chi connectivity index (χ1) is 12.2. The number of imidazole rings is 1. The van der Waals surface area contributed by atoms with Crippen LogP contribution in [0.25, 0.3) is 11.0 Å². The van der Waals surface area contributed by atoms with E-state index in [0.29, 0.717) is 0 Å². The van der Waals surface area contributed by atoms with Crippen molar-refractivity contribution in [3.8, 4) is 0 Å². The summed E-state index contributed by atoms with van der Waals surface area (Å²) in [5.41, 5.74) is 2.15. The zero-order valence-corrected chi connectivity index (χ0v) is 14.5. The van der Waals surface area contributed by atoms with Gasteiger partial charge in [0.15, 0.2) is 0 Å². The Balaban J connectivity index is 1.86. The van der Waals surface area contributed by atoms with E-state index in [-0.39, 0.29) is 17.1 Å². The number of carbonyl (C=O) groups is 1. The number of halogens is 3. The SMILES string of the molecule is Cc1c([C@H](C)NC(=O)Cn2c(C(F)(F)F)nc3ccccc32)cnn1C. The smallest absolute Gasteiger partial charge is 0.348 e. The molecule has 3 aromatic rings. The summed E-state index contributed by atoms with van der Waals surface area (Å²) in [6, 6.07) is 5.84. The first-order valence-electron chi connectivity index (χ1n) is 7.99. The van der Waals surface area contributed by atoms with E-state index in [2.05, 4.69) is 15.4 Å². The molecule has 0 saturated heterocycles. The maximum Gasteiger partial charge on any atom is 0.449 e. The van der Waals surface area contributed by atoms with Crippen LogP contribution in [0.15, 0.2) is 30.5 Å². The highest BCUT2D eigenvalue weighted by Gasteiger charge is 2.38. The van der Waals surface area contributed by atoms with Crippen LogP contribution in [0.2, 0.25) is 0 Å². The maximum absolute atomic E-state index is 13.3. The van der Waals surface area contributed by atoms with Crippen molar-refractivity contribution in [2.24, 2.45) is 7.05 Å². The molecule has 0 unspecified atom stereocenters. The van der Waals surface area contributed by atoms with Gasteiger partial charge in [-0.25, -0.2) is 4.98 Å². The summed E-state index contributed by atoms with van der Waals surface area (Å²) in [6.07, 6.45) is -3.01. The molecule has 1 aromatic carbocycles. The molecule has 1 N–H and O–H groups in total. The normalized spacial score (nSPS) is 13.2. The molecule has 0 aliphatic rings. The Morgan fingerprint density at radius 3 is 2.62 bits per heavy atom. The zero-order valence-electron chi connectivity index (χ0n) is 14.5. The number of nitrogens with zero attached hydrogens (tertiary/aromatic N) is 4. The second-order valence-corrected chi connectivity index (χ2v) is 6.11. The van der Waals surface area contributed by atoms with Crippen molar-refractivity contribution in [3.63, 3.8) is 0 Å². The van der Waals surface area contributed by atoms with Gasteiger partial charge in [-0.05, 0) is 26.0 Å². The maximum atomic E-state index is 13.3. The van der Waals surface area contributed by atoms with Crippen molar-refractivity contribution >= 4 is 16.9 Å². The molecule has 26 heavy (non-hydrogen) atoms. The van der Waals surface area contributed by atoms with Gasteiger partial charge in [-0.3, -0.25) is 9.48 Å². The third kappa shape index (κ3) is 3.29. The number of hydrogen-bond acceptors (Lipinski definition) is 3. The third-order valence-corrected chi connectivity index (χ3v) is 4.33. The second kappa shape index (κ2) is 6.47. The lowest BCUT2D eigenvalue weighted by molar-refractivity contribution is -0.147. The molecule has 0 bridgehead atoms. The largest absolute Gasteiger partial charge is 0.449 e. The van der Waals surface area contributed by atoms with Crippen LogP contribution in [-0.2, 0) is 24.6 Å². The van der Waals surface area contributed by atoms with Crippen molar-refractivity contribution in [2.45, 2.75) is 32.6 Å². The predicted octanol–water partition coefficient (Wildman–Crippen LogP) is 2.97. The number of amides is 1. The van der Waals surface area contributed by atoms with Crippen LogP contribution in [0.5, 0.6) is 0 Å². The Kier molecular flexibility index (Phi) is 4.47. The molecular formula is C17H18F3N5O. The van der Waals surface area contributed by atoms with Crippen LogP contribution < -0.4 is 5.32 Å². The lowest BCUT2D eigenvalue weighted by Gasteiger charge is -2.16. The van der Waals surface area contributed by atoms with Crippen molar-refractivity contribution in [1.29, 1.82) is 0 Å². The minimum Gasteiger partial charge on any atom is -0.348 e. The molecular weight excluding hydrogens is 347 g/mol. The van der Waals surface area contributed by atoms with Crippen LogP contribution in [-0.4, -0.2) is 25.2 Å². The van der Waals surface area contributed by atoms with Crippen LogP contribution >= 0.6 is 0 Å². The van der Waals surface area contributed by atoms with E-state index in [1.54, 1.807) is 37.0 Å². The van der Waals surface area contributed by atoms with Gasteiger partial charge in [0.25, 0.3) is 0 Å². The van der Waals surface area contributed by atoms with E-state index >= 15 is 0 Å². The monoisotopic (exact) mass is 365 g/mol. The van der Waals surface area contributed by atoms with E-state index in [0.717, 1.165) is 15.8 Å². The molecule has 2 aromatic heterocycles. The first kappa shape index (κ1) is 18.0. The summed E-state index contributed by atoms with van der Waals surface area (Å²) in [7, 11) is 1.78. The fraction of sp³-hybridized carbons (Fsp3) is 0.353. The summed E-state index contributed by atoms with van der Waals surface area (Å²) >= 11 is 0. The van der Waals surface area contributed by atoms with Crippen LogP contribution in [0, 0.1) is 6.92 Å². The highest BCUT2D eigenvalue weighted by Crippen LogP contribution is 2.31. The Morgan fingerprint density at radius 2 is 2.00 bits per heavy atom. The number of hydrogen-bond donors (Lipinski definition) is 1. The summed E-state index contributed by atoms with van der Waals surface area (Å²) in [4.78, 5) is 16.0. The van der Waals surface area contributed by atoms with E-state index in [4.69, 9.17) is 0 Å². The molecule has 0 fully saturated rings. The van der Waals surface area contributed by atoms with Crippen LogP contribution in [0.1, 0.15) is 30.0 Å². The van der Waals surface area contributed by atoms with Gasteiger partial charge in [-0.2, -0.15) is 18.3 Å². The molecule has 2 heterocycles. The third-order valence-electron chi connectivity index (χ3n) is 4.33. The average molecular weight is 365 g/mol. The molecule has 0 radical (unpaired) electrons. The standard InChI is InChI=1S/C17H18F3N5O/c1-10(12-8-21-24(3)11(12)2)22-15(26)9-25-14-7-5-4-6-13(14)23-16(25)17(18,19)20/h4-8,10H,9H2,1-3H3,(H,22,26)/t10-/m0/s1. The minimum atomic E-state index is -4.65. The number of carbonyl (C=O) groups excluding carboxylic acids is 1. The summed E-state index contributed by atoms with van der Waals surface area (Å²) in [5, 5.41) is 6.83. The van der Waals surface area contributed by atoms with Gasteiger partial charge in [0, 0.05) is 18.3 Å². The quantitative estimate of drug-likeness (QED) is 0.773. The van der Waals surface area contributed by atoms with Crippen molar-refractivity contribution < 1.29 is 18.0 Å². The van der Waals surface area contributed by atoms with Crippen LogP contribution in [0.4, 0.5) is 13.2 Å². The molecule has 6 nitrogen and oxygen atoms in total. The first-order valence-corrected chi connectivity index (χ1v) is 7.99. The topological polar surface area (TPSA) is 64.7 Å². The number of aromatic nitrogens is 4. The molecule has 0 aliphatic carbocycles. The number of rotatable bonds is 4. The minimum absolute atomic E-state index is 0.198. The summed E-state index contributed by atoms with van der Waals surface area (Å²) in [6.45, 7) is 3.15. The molecule has 1 amide bonds. The van der Waals surface area contributed by atoms with Crippen LogP contribution in [0.3, 0.4) is 0 Å². The number of para-hydroxylation sites is 2. The molecule has 9 heteroatoms. The molecule has 3 rings (SSSR count).